The van der Waals surface area contributed by atoms with E-state index < -0.39 is 0 Å². The van der Waals surface area contributed by atoms with E-state index >= 15 is 0 Å². The summed E-state index contributed by atoms with van der Waals surface area (Å²) in [5, 5.41) is 7.57. The van der Waals surface area contributed by atoms with E-state index in [-0.39, 0.29) is 10.8 Å². The normalized spacial score (nSPS) is 14.6. The predicted molar refractivity (Wildman–Crippen MR) is 279 cm³/mol. The van der Waals surface area contributed by atoms with Crippen molar-refractivity contribution in [1.82, 2.24) is 0 Å². The third-order valence-electron chi connectivity index (χ3n) is 14.4. The van der Waals surface area contributed by atoms with Gasteiger partial charge in [0, 0.05) is 27.9 Å². The van der Waals surface area contributed by atoms with Crippen LogP contribution in [0.3, 0.4) is 0 Å². The van der Waals surface area contributed by atoms with Gasteiger partial charge in [0.2, 0.25) is 0 Å². The Balaban J connectivity index is 0.945. The maximum atomic E-state index is 2.52. The topological polar surface area (TPSA) is 3.24 Å². The number of para-hydroxylation sites is 2. The fraction of sp³-hybridized carbons (Fsp3) is 0.0938. The van der Waals surface area contributed by atoms with E-state index in [1.165, 1.54) is 93.5 Å². The fourth-order valence-corrected chi connectivity index (χ4v) is 11.5. The fourth-order valence-electron chi connectivity index (χ4n) is 11.5. The highest BCUT2D eigenvalue weighted by molar-refractivity contribution is 6.24. The molecular weight excluding hydrogens is 783 g/mol. The van der Waals surface area contributed by atoms with E-state index in [9.17, 15) is 0 Å². The number of benzene rings is 10. The largest absolute Gasteiger partial charge is 0.311 e. The highest BCUT2D eigenvalue weighted by Gasteiger charge is 2.49. The molecule has 2 aliphatic rings. The Morgan fingerprint density at radius 1 is 0.338 bits per heavy atom. The van der Waals surface area contributed by atoms with Crippen molar-refractivity contribution >= 4 is 72.7 Å². The zero-order valence-electron chi connectivity index (χ0n) is 37.3. The van der Waals surface area contributed by atoms with Crippen molar-refractivity contribution in [3.05, 3.63) is 246 Å². The molecule has 0 spiro atoms. The van der Waals surface area contributed by atoms with Crippen molar-refractivity contribution in [3.63, 3.8) is 0 Å². The molecule has 0 saturated heterocycles. The molecule has 0 fully saturated rings. The van der Waals surface area contributed by atoms with E-state index in [1.54, 1.807) is 0 Å². The van der Waals surface area contributed by atoms with Crippen molar-refractivity contribution in [2.45, 2.75) is 38.5 Å². The SMILES string of the molecule is CC1(C)C2=C(c3ccccc31)C(C)(C)c1cc(-c3c4ccccc4c(-c4ccc(/C=C/c5ccc(N(c6ccccc6)c6ccccc6)cc5)c5ccccc45)c4ccccc34)ccc12. The summed E-state index contributed by atoms with van der Waals surface area (Å²) >= 11 is 0. The Hall–Kier alpha value is -7.74. The molecule has 1 heteroatoms. The molecule has 0 radical (unpaired) electrons. The van der Waals surface area contributed by atoms with Crippen molar-refractivity contribution in [2.75, 3.05) is 4.90 Å². The molecule has 0 N–H and O–H groups in total. The molecule has 0 heterocycles. The van der Waals surface area contributed by atoms with Crippen LogP contribution in [0.1, 0.15) is 61.1 Å². The van der Waals surface area contributed by atoms with Gasteiger partial charge in [0.15, 0.2) is 0 Å². The molecule has 310 valence electrons. The van der Waals surface area contributed by atoms with Gasteiger partial charge in [-0.1, -0.05) is 210 Å². The minimum atomic E-state index is -0.124. The summed E-state index contributed by atoms with van der Waals surface area (Å²) in [6.07, 6.45) is 4.51. The molecule has 12 rings (SSSR count). The third-order valence-corrected chi connectivity index (χ3v) is 14.4. The number of allylic oxidation sites excluding steroid dienone is 2. The van der Waals surface area contributed by atoms with Crippen molar-refractivity contribution in [1.29, 1.82) is 0 Å². The van der Waals surface area contributed by atoms with Crippen LogP contribution >= 0.6 is 0 Å². The first-order chi connectivity index (χ1) is 31.8. The summed E-state index contributed by atoms with van der Waals surface area (Å²) in [5.41, 5.74) is 19.3. The van der Waals surface area contributed by atoms with Crippen molar-refractivity contribution in [3.8, 4) is 22.3 Å². The van der Waals surface area contributed by atoms with Crippen LogP contribution in [0.2, 0.25) is 0 Å². The second-order valence-electron chi connectivity index (χ2n) is 18.8. The zero-order chi connectivity index (χ0) is 43.9. The van der Waals surface area contributed by atoms with Gasteiger partial charge in [-0.2, -0.15) is 0 Å². The number of hydrogen-bond acceptors (Lipinski definition) is 1. The molecule has 1 nitrogen and oxygen atoms in total. The van der Waals surface area contributed by atoms with Gasteiger partial charge in [-0.05, 0) is 142 Å². The molecule has 0 aromatic heterocycles. The maximum Gasteiger partial charge on any atom is 0.0462 e. The van der Waals surface area contributed by atoms with Gasteiger partial charge < -0.3 is 4.90 Å². The first kappa shape index (κ1) is 38.9. The van der Waals surface area contributed by atoms with Crippen LogP contribution in [0.5, 0.6) is 0 Å². The van der Waals surface area contributed by atoms with Gasteiger partial charge in [0.1, 0.15) is 0 Å². The molecule has 10 aromatic rings. The second kappa shape index (κ2) is 14.9. The van der Waals surface area contributed by atoms with E-state index in [2.05, 4.69) is 257 Å². The molecule has 2 aliphatic carbocycles. The van der Waals surface area contributed by atoms with Crippen LogP contribution in [0.25, 0.3) is 77.9 Å². The Labute approximate surface area is 382 Å². The lowest BCUT2D eigenvalue weighted by Gasteiger charge is -2.28. The molecule has 65 heavy (non-hydrogen) atoms. The second-order valence-corrected chi connectivity index (χ2v) is 18.8. The van der Waals surface area contributed by atoms with E-state index in [4.69, 9.17) is 0 Å². The number of fused-ring (bicyclic) bond motifs is 7. The number of hydrogen-bond donors (Lipinski definition) is 0. The van der Waals surface area contributed by atoms with E-state index in [1.807, 2.05) is 0 Å². The van der Waals surface area contributed by atoms with Gasteiger partial charge in [-0.3, -0.25) is 0 Å². The first-order valence-corrected chi connectivity index (χ1v) is 22.9. The van der Waals surface area contributed by atoms with Crippen LogP contribution in [-0.4, -0.2) is 0 Å². The Bertz CT molecular complexity index is 3470. The Morgan fingerprint density at radius 2 is 0.800 bits per heavy atom. The summed E-state index contributed by atoms with van der Waals surface area (Å²) < 4.78 is 0. The first-order valence-electron chi connectivity index (χ1n) is 22.9. The number of nitrogens with zero attached hydrogens (tertiary/aromatic N) is 1. The average molecular weight is 832 g/mol. The van der Waals surface area contributed by atoms with Gasteiger partial charge in [0.25, 0.3) is 0 Å². The van der Waals surface area contributed by atoms with Gasteiger partial charge in [-0.25, -0.2) is 0 Å². The van der Waals surface area contributed by atoms with Crippen LogP contribution in [0.4, 0.5) is 17.1 Å². The lowest BCUT2D eigenvalue weighted by Crippen LogP contribution is -2.19. The molecule has 0 bridgehead atoms. The molecule has 0 unspecified atom stereocenters. The lowest BCUT2D eigenvalue weighted by atomic mass is 9.75. The molecule has 0 atom stereocenters. The summed E-state index contributed by atoms with van der Waals surface area (Å²) in [4.78, 5) is 2.30. The number of rotatable bonds is 7. The molecule has 0 saturated carbocycles. The minimum Gasteiger partial charge on any atom is -0.311 e. The van der Waals surface area contributed by atoms with Gasteiger partial charge >= 0.3 is 0 Å². The van der Waals surface area contributed by atoms with Gasteiger partial charge in [0.05, 0.1) is 0 Å². The summed E-state index contributed by atoms with van der Waals surface area (Å²) in [6, 6.07) is 78.1. The lowest BCUT2D eigenvalue weighted by molar-refractivity contribution is 0.694. The van der Waals surface area contributed by atoms with Crippen LogP contribution in [-0.2, 0) is 10.8 Å². The smallest absolute Gasteiger partial charge is 0.0462 e. The molecule has 0 aliphatic heterocycles. The highest BCUT2D eigenvalue weighted by atomic mass is 15.1. The summed E-state index contributed by atoms with van der Waals surface area (Å²) in [6.45, 7) is 9.68. The maximum absolute atomic E-state index is 2.52. The van der Waals surface area contributed by atoms with Crippen LogP contribution in [0, 0.1) is 0 Å². The number of anilines is 3. The average Bonchev–Trinajstić information content (AvgIpc) is 3.75. The quantitative estimate of drug-likeness (QED) is 0.114. The monoisotopic (exact) mass is 831 g/mol. The Morgan fingerprint density at radius 3 is 1.42 bits per heavy atom. The van der Waals surface area contributed by atoms with E-state index in [0.717, 1.165) is 22.6 Å². The standard InChI is InChI=1S/C64H49N/c1-63(2)57-30-18-17-29-55(57)61-62(63)56-40-36-44(41-58(56)64(61,3)4)59-50-25-13-15-27-52(50)60(53-28-16-14-26-51(53)59)54-39-35-43(48-23-11-12-24-49(48)54)34-31-42-32-37-47(38-33-42)65(45-19-7-5-8-20-45)46-21-9-6-10-22-46/h5-41H,1-4H3/b34-31+. The van der Waals surface area contributed by atoms with Crippen LogP contribution in [0.15, 0.2) is 212 Å². The summed E-state index contributed by atoms with van der Waals surface area (Å²) in [7, 11) is 0. The molecular formula is C64H49N. The van der Waals surface area contributed by atoms with Crippen molar-refractivity contribution in [2.24, 2.45) is 0 Å². The zero-order valence-corrected chi connectivity index (χ0v) is 37.3. The minimum absolute atomic E-state index is 0.0509. The Kier molecular flexibility index (Phi) is 8.94. The summed E-state index contributed by atoms with van der Waals surface area (Å²) in [5.74, 6) is 0. The predicted octanol–water partition coefficient (Wildman–Crippen LogP) is 17.6. The van der Waals surface area contributed by atoms with Crippen LogP contribution < -0.4 is 4.90 Å². The van der Waals surface area contributed by atoms with Gasteiger partial charge in [-0.15, -0.1) is 0 Å². The third kappa shape index (κ3) is 6.06. The highest BCUT2D eigenvalue weighted by Crippen LogP contribution is 2.63. The van der Waals surface area contributed by atoms with Crippen molar-refractivity contribution < 1.29 is 0 Å². The molecule has 0 amide bonds. The van der Waals surface area contributed by atoms with E-state index in [0.29, 0.717) is 0 Å². The molecule has 10 aromatic carbocycles.